The van der Waals surface area contributed by atoms with Crippen LogP contribution in [0.1, 0.15) is 34.4 Å². The van der Waals surface area contributed by atoms with E-state index in [4.69, 9.17) is 4.74 Å². The molecule has 1 atom stereocenters. The fourth-order valence-corrected chi connectivity index (χ4v) is 2.40. The maximum absolute atomic E-state index is 12.1. The molecule has 1 N–H and O–H groups in total. The fraction of sp³-hybridized carbons (Fsp3) is 0.667. The first-order valence-electron chi connectivity index (χ1n) is 5.83. The van der Waals surface area contributed by atoms with Crippen molar-refractivity contribution in [3.05, 3.63) is 16.1 Å². The maximum atomic E-state index is 12.1. The monoisotopic (exact) mass is 272 g/mol. The van der Waals surface area contributed by atoms with Gasteiger partial charge in [0.05, 0.1) is 23.9 Å². The smallest absolute Gasteiger partial charge is 0.265 e. The van der Waals surface area contributed by atoms with Crippen molar-refractivity contribution in [2.75, 3.05) is 27.3 Å². The lowest BCUT2D eigenvalue weighted by molar-refractivity contribution is 0.0382. The van der Waals surface area contributed by atoms with Gasteiger partial charge in [0.1, 0.15) is 4.88 Å². The molecule has 1 unspecified atom stereocenters. The molecule has 0 bridgehead atoms. The molecule has 0 fully saturated rings. The minimum Gasteiger partial charge on any atom is -0.389 e. The molecule has 1 aromatic heterocycles. The summed E-state index contributed by atoms with van der Waals surface area (Å²) >= 11 is 1.40. The first kappa shape index (κ1) is 15.1. The Morgan fingerprint density at radius 2 is 2.28 bits per heavy atom. The van der Waals surface area contributed by atoms with Crippen molar-refractivity contribution in [2.45, 2.75) is 25.9 Å². The second kappa shape index (κ2) is 6.82. The lowest BCUT2D eigenvalue weighted by Gasteiger charge is -2.19. The second-order valence-electron chi connectivity index (χ2n) is 4.51. The lowest BCUT2D eigenvalue weighted by Crippen LogP contribution is -2.35. The number of ether oxygens (including phenoxy) is 1. The summed E-state index contributed by atoms with van der Waals surface area (Å²) in [5.74, 6) is 0.204. The lowest BCUT2D eigenvalue weighted by atomic mass is 10.2. The molecule has 0 aromatic carbocycles. The second-order valence-corrected chi connectivity index (χ2v) is 5.57. The number of aliphatic hydroxyl groups excluding tert-OH is 1. The highest BCUT2D eigenvalue weighted by molar-refractivity contribution is 7.13. The SMILES string of the molecule is COCC(O)CN(C)C(=O)c1cnc(C(C)C)s1. The third kappa shape index (κ3) is 4.04. The number of carbonyl (C=O) groups is 1. The van der Waals surface area contributed by atoms with Crippen LogP contribution < -0.4 is 0 Å². The van der Waals surface area contributed by atoms with Crippen LogP contribution >= 0.6 is 11.3 Å². The van der Waals surface area contributed by atoms with Gasteiger partial charge in [0.15, 0.2) is 0 Å². The Morgan fingerprint density at radius 1 is 1.61 bits per heavy atom. The van der Waals surface area contributed by atoms with E-state index in [9.17, 15) is 9.90 Å². The van der Waals surface area contributed by atoms with Crippen LogP contribution in [0.15, 0.2) is 6.20 Å². The van der Waals surface area contributed by atoms with E-state index in [0.29, 0.717) is 10.8 Å². The summed E-state index contributed by atoms with van der Waals surface area (Å²) in [5.41, 5.74) is 0. The van der Waals surface area contributed by atoms with E-state index < -0.39 is 6.10 Å². The summed E-state index contributed by atoms with van der Waals surface area (Å²) in [6, 6.07) is 0. The van der Waals surface area contributed by atoms with Crippen LogP contribution in [0.25, 0.3) is 0 Å². The highest BCUT2D eigenvalue weighted by Gasteiger charge is 2.18. The van der Waals surface area contributed by atoms with Gasteiger partial charge in [-0.05, 0) is 0 Å². The Balaban J connectivity index is 2.62. The molecule has 0 saturated heterocycles. The quantitative estimate of drug-likeness (QED) is 0.849. The third-order valence-corrected chi connectivity index (χ3v) is 3.70. The molecular weight excluding hydrogens is 252 g/mol. The van der Waals surface area contributed by atoms with Gasteiger partial charge in [-0.15, -0.1) is 11.3 Å². The third-order valence-electron chi connectivity index (χ3n) is 2.42. The Hall–Kier alpha value is -0.980. The van der Waals surface area contributed by atoms with Crippen molar-refractivity contribution in [1.29, 1.82) is 0 Å². The molecular formula is C12H20N2O3S. The molecule has 1 heterocycles. The van der Waals surface area contributed by atoms with Crippen molar-refractivity contribution in [3.8, 4) is 0 Å². The van der Waals surface area contributed by atoms with E-state index in [2.05, 4.69) is 4.98 Å². The number of nitrogens with zero attached hydrogens (tertiary/aromatic N) is 2. The van der Waals surface area contributed by atoms with Crippen LogP contribution in [0.4, 0.5) is 0 Å². The summed E-state index contributed by atoms with van der Waals surface area (Å²) in [4.78, 5) is 18.4. The van der Waals surface area contributed by atoms with Crippen LogP contribution in [0.2, 0.25) is 0 Å². The average molecular weight is 272 g/mol. The van der Waals surface area contributed by atoms with Gasteiger partial charge in [-0.25, -0.2) is 4.98 Å². The molecule has 5 nitrogen and oxygen atoms in total. The number of hydrogen-bond acceptors (Lipinski definition) is 5. The first-order chi connectivity index (χ1) is 8.45. The molecule has 0 aliphatic rings. The predicted molar refractivity (Wildman–Crippen MR) is 71.0 cm³/mol. The standard InChI is InChI=1S/C12H20N2O3S/c1-8(2)11-13-5-10(18-11)12(16)14(3)6-9(15)7-17-4/h5,8-9,15H,6-7H2,1-4H3. The average Bonchev–Trinajstić information content (AvgIpc) is 2.77. The van der Waals surface area contributed by atoms with Gasteiger partial charge in [0.25, 0.3) is 5.91 Å². The molecule has 102 valence electrons. The molecule has 6 heteroatoms. The molecule has 1 aromatic rings. The van der Waals surface area contributed by atoms with E-state index in [1.165, 1.54) is 23.3 Å². The van der Waals surface area contributed by atoms with Crippen molar-refractivity contribution >= 4 is 17.2 Å². The summed E-state index contributed by atoms with van der Waals surface area (Å²) < 4.78 is 4.83. The van der Waals surface area contributed by atoms with E-state index in [1.54, 1.807) is 13.2 Å². The predicted octanol–water partition coefficient (Wildman–Crippen LogP) is 1.35. The van der Waals surface area contributed by atoms with Gasteiger partial charge in [-0.1, -0.05) is 13.8 Å². The van der Waals surface area contributed by atoms with Crippen molar-refractivity contribution in [2.24, 2.45) is 0 Å². The van der Waals surface area contributed by atoms with Gasteiger partial charge in [0, 0.05) is 26.6 Å². The Labute approximate surface area is 111 Å². The topological polar surface area (TPSA) is 62.7 Å². The van der Waals surface area contributed by atoms with E-state index in [1.807, 2.05) is 13.8 Å². The van der Waals surface area contributed by atoms with Crippen LogP contribution in [-0.2, 0) is 4.74 Å². The van der Waals surface area contributed by atoms with Crippen LogP contribution in [-0.4, -0.2) is 54.3 Å². The number of likely N-dealkylation sites (N-methyl/N-ethyl adjacent to an activating group) is 1. The van der Waals surface area contributed by atoms with Gasteiger partial charge in [0.2, 0.25) is 0 Å². The first-order valence-corrected chi connectivity index (χ1v) is 6.65. The normalized spacial score (nSPS) is 12.8. The Kier molecular flexibility index (Phi) is 5.71. The van der Waals surface area contributed by atoms with Gasteiger partial charge in [-0.2, -0.15) is 0 Å². The highest BCUT2D eigenvalue weighted by Crippen LogP contribution is 2.21. The zero-order valence-electron chi connectivity index (χ0n) is 11.2. The summed E-state index contributed by atoms with van der Waals surface area (Å²) in [7, 11) is 3.18. The van der Waals surface area contributed by atoms with Crippen LogP contribution in [0.5, 0.6) is 0 Å². The Bertz CT molecular complexity index is 392. The number of rotatable bonds is 6. The molecule has 18 heavy (non-hydrogen) atoms. The number of thiazole rings is 1. The molecule has 0 saturated carbocycles. The zero-order valence-corrected chi connectivity index (χ0v) is 12.0. The van der Waals surface area contributed by atoms with E-state index in [-0.39, 0.29) is 19.1 Å². The maximum Gasteiger partial charge on any atom is 0.265 e. The summed E-state index contributed by atoms with van der Waals surface area (Å²) in [6.45, 7) is 4.55. The van der Waals surface area contributed by atoms with E-state index >= 15 is 0 Å². The molecule has 1 rings (SSSR count). The van der Waals surface area contributed by atoms with Gasteiger partial charge < -0.3 is 14.7 Å². The Morgan fingerprint density at radius 3 is 2.78 bits per heavy atom. The van der Waals surface area contributed by atoms with Crippen molar-refractivity contribution < 1.29 is 14.6 Å². The fourth-order valence-electron chi connectivity index (χ4n) is 1.49. The summed E-state index contributed by atoms with van der Waals surface area (Å²) in [6.07, 6.45) is 0.933. The minimum atomic E-state index is -0.665. The van der Waals surface area contributed by atoms with Crippen LogP contribution in [0, 0.1) is 0 Å². The van der Waals surface area contributed by atoms with Gasteiger partial charge >= 0.3 is 0 Å². The van der Waals surface area contributed by atoms with E-state index in [0.717, 1.165) is 5.01 Å². The zero-order chi connectivity index (χ0) is 13.7. The highest BCUT2D eigenvalue weighted by atomic mass is 32.1. The van der Waals surface area contributed by atoms with Crippen molar-refractivity contribution in [3.63, 3.8) is 0 Å². The minimum absolute atomic E-state index is 0.116. The summed E-state index contributed by atoms with van der Waals surface area (Å²) in [5, 5.41) is 10.5. The van der Waals surface area contributed by atoms with Crippen LogP contribution in [0.3, 0.4) is 0 Å². The number of methoxy groups -OCH3 is 1. The molecule has 1 amide bonds. The van der Waals surface area contributed by atoms with Crippen molar-refractivity contribution in [1.82, 2.24) is 9.88 Å². The number of aromatic nitrogens is 1. The largest absolute Gasteiger partial charge is 0.389 e. The molecule has 0 aliphatic heterocycles. The number of hydrogen-bond donors (Lipinski definition) is 1. The molecule has 0 radical (unpaired) electrons. The number of amides is 1. The molecule has 0 aliphatic carbocycles. The molecule has 0 spiro atoms. The number of aliphatic hydroxyl groups is 1. The van der Waals surface area contributed by atoms with Gasteiger partial charge in [-0.3, -0.25) is 4.79 Å². The number of carbonyl (C=O) groups excluding carboxylic acids is 1.